The van der Waals surface area contributed by atoms with Gasteiger partial charge in [0.1, 0.15) is 5.75 Å². The van der Waals surface area contributed by atoms with Gasteiger partial charge in [-0.2, -0.15) is 0 Å². The summed E-state index contributed by atoms with van der Waals surface area (Å²) in [6, 6.07) is 22.2. The quantitative estimate of drug-likeness (QED) is 0.415. The first kappa shape index (κ1) is 19.5. The molecule has 3 aromatic carbocycles. The number of hydrogen-bond donors (Lipinski definition) is 2. The maximum Gasteiger partial charge on any atom is 0.244 e. The molecule has 0 saturated carbocycles. The molecule has 0 aromatic heterocycles. The minimum atomic E-state index is -0.120. The minimum absolute atomic E-state index is 0.120. The Bertz CT molecular complexity index is 945. The van der Waals surface area contributed by atoms with Crippen molar-refractivity contribution in [1.29, 1.82) is 0 Å². The summed E-state index contributed by atoms with van der Waals surface area (Å²) in [6.45, 7) is 3.93. The van der Waals surface area contributed by atoms with E-state index in [0.29, 0.717) is 19.7 Å². The van der Waals surface area contributed by atoms with Gasteiger partial charge in [-0.3, -0.25) is 4.79 Å². The molecule has 4 heteroatoms. The van der Waals surface area contributed by atoms with Crippen LogP contribution >= 0.6 is 0 Å². The van der Waals surface area contributed by atoms with E-state index >= 15 is 0 Å². The van der Waals surface area contributed by atoms with Gasteiger partial charge in [0.25, 0.3) is 0 Å². The van der Waals surface area contributed by atoms with Gasteiger partial charge in [0.2, 0.25) is 5.91 Å². The van der Waals surface area contributed by atoms with Crippen molar-refractivity contribution in [3.8, 4) is 5.75 Å². The Hall–Kier alpha value is -3.27. The second-order valence-corrected chi connectivity index (χ2v) is 6.46. The first-order chi connectivity index (χ1) is 13.8. The number of nitrogens with one attached hydrogen (secondary N) is 2. The van der Waals surface area contributed by atoms with Crippen LogP contribution in [0, 0.1) is 0 Å². The van der Waals surface area contributed by atoms with Crippen molar-refractivity contribution >= 4 is 28.4 Å². The Morgan fingerprint density at radius 2 is 1.75 bits per heavy atom. The van der Waals surface area contributed by atoms with E-state index < -0.39 is 0 Å². The Balaban J connectivity index is 1.49. The Labute approximate surface area is 166 Å². The third-order valence-electron chi connectivity index (χ3n) is 4.32. The number of amides is 1. The highest BCUT2D eigenvalue weighted by molar-refractivity contribution is 5.94. The van der Waals surface area contributed by atoms with Crippen molar-refractivity contribution in [1.82, 2.24) is 5.32 Å². The van der Waals surface area contributed by atoms with E-state index in [9.17, 15) is 4.79 Å². The molecule has 4 nitrogen and oxygen atoms in total. The van der Waals surface area contributed by atoms with Gasteiger partial charge in [-0.25, -0.2) is 0 Å². The molecule has 28 heavy (non-hydrogen) atoms. The van der Waals surface area contributed by atoms with Crippen LogP contribution in [0.2, 0.25) is 0 Å². The Morgan fingerprint density at radius 1 is 0.964 bits per heavy atom. The topological polar surface area (TPSA) is 50.4 Å². The van der Waals surface area contributed by atoms with Gasteiger partial charge in [0.15, 0.2) is 0 Å². The summed E-state index contributed by atoms with van der Waals surface area (Å²) in [5.74, 6) is 0.677. The zero-order chi connectivity index (χ0) is 19.6. The number of carbonyl (C=O) groups is 1. The number of ether oxygens (including phenoxy) is 1. The van der Waals surface area contributed by atoms with Crippen molar-refractivity contribution in [2.45, 2.75) is 13.3 Å². The monoisotopic (exact) mass is 374 g/mol. The van der Waals surface area contributed by atoms with Crippen LogP contribution in [0.3, 0.4) is 0 Å². The number of rotatable bonds is 9. The van der Waals surface area contributed by atoms with Gasteiger partial charge >= 0.3 is 0 Å². The maximum atomic E-state index is 12.1. The molecule has 1 amide bonds. The lowest BCUT2D eigenvalue weighted by molar-refractivity contribution is -0.116. The van der Waals surface area contributed by atoms with Crippen LogP contribution in [0.25, 0.3) is 16.8 Å². The van der Waals surface area contributed by atoms with E-state index in [1.54, 1.807) is 12.2 Å². The summed E-state index contributed by atoms with van der Waals surface area (Å²) >= 11 is 0. The van der Waals surface area contributed by atoms with Crippen LogP contribution in [0.1, 0.15) is 18.9 Å². The van der Waals surface area contributed by atoms with Gasteiger partial charge in [-0.05, 0) is 30.0 Å². The molecule has 0 bridgehead atoms. The van der Waals surface area contributed by atoms with Crippen molar-refractivity contribution in [3.05, 3.63) is 78.4 Å². The Morgan fingerprint density at radius 3 is 2.64 bits per heavy atom. The molecule has 0 saturated heterocycles. The first-order valence-electron chi connectivity index (χ1n) is 9.67. The minimum Gasteiger partial charge on any atom is -0.493 e. The van der Waals surface area contributed by atoms with E-state index in [4.69, 9.17) is 4.74 Å². The van der Waals surface area contributed by atoms with Crippen LogP contribution in [0.5, 0.6) is 5.75 Å². The fourth-order valence-corrected chi connectivity index (χ4v) is 2.95. The highest BCUT2D eigenvalue weighted by Gasteiger charge is 2.02. The number of para-hydroxylation sites is 1. The van der Waals surface area contributed by atoms with E-state index in [1.165, 1.54) is 10.8 Å². The highest BCUT2D eigenvalue weighted by atomic mass is 16.5. The number of carbonyl (C=O) groups excluding carboxylic acids is 1. The molecular weight excluding hydrogens is 348 g/mol. The molecule has 3 rings (SSSR count). The summed E-state index contributed by atoms with van der Waals surface area (Å²) in [5.41, 5.74) is 1.98. The molecule has 0 aliphatic carbocycles. The standard InChI is InChI=1S/C24H26N2O2/c1-2-18-28-23-13-6-4-9-20(23)14-15-24(27)26-17-16-25-22-12-7-10-19-8-3-5-11-21(19)22/h3-15,25H,2,16-18H2,1H3,(H,26,27)/b15-14+. The van der Waals surface area contributed by atoms with Crippen molar-refractivity contribution < 1.29 is 9.53 Å². The Kier molecular flexibility index (Phi) is 7.08. The zero-order valence-electron chi connectivity index (χ0n) is 16.2. The second-order valence-electron chi connectivity index (χ2n) is 6.46. The number of hydrogen-bond acceptors (Lipinski definition) is 3. The van der Waals surface area contributed by atoms with Crippen LogP contribution in [-0.2, 0) is 4.79 Å². The summed E-state index contributed by atoms with van der Waals surface area (Å²) < 4.78 is 5.71. The van der Waals surface area contributed by atoms with Crippen molar-refractivity contribution in [3.63, 3.8) is 0 Å². The fourth-order valence-electron chi connectivity index (χ4n) is 2.95. The van der Waals surface area contributed by atoms with Crippen LogP contribution < -0.4 is 15.4 Å². The molecule has 2 N–H and O–H groups in total. The average Bonchev–Trinajstić information content (AvgIpc) is 2.74. The fraction of sp³-hybridized carbons (Fsp3) is 0.208. The predicted octanol–water partition coefficient (Wildman–Crippen LogP) is 4.87. The molecular formula is C24H26N2O2. The second kappa shape index (κ2) is 10.2. The van der Waals surface area contributed by atoms with Gasteiger partial charge in [0.05, 0.1) is 6.61 Å². The summed E-state index contributed by atoms with van der Waals surface area (Å²) in [7, 11) is 0. The van der Waals surface area contributed by atoms with Crippen molar-refractivity contribution in [2.24, 2.45) is 0 Å². The molecule has 0 aliphatic heterocycles. The van der Waals surface area contributed by atoms with E-state index in [2.05, 4.69) is 41.8 Å². The smallest absolute Gasteiger partial charge is 0.244 e. The number of fused-ring (bicyclic) bond motifs is 1. The largest absolute Gasteiger partial charge is 0.493 e. The predicted molar refractivity (Wildman–Crippen MR) is 117 cm³/mol. The normalized spacial score (nSPS) is 10.9. The zero-order valence-corrected chi connectivity index (χ0v) is 16.2. The molecule has 0 spiro atoms. The van der Waals surface area contributed by atoms with Crippen LogP contribution in [-0.4, -0.2) is 25.6 Å². The highest BCUT2D eigenvalue weighted by Crippen LogP contribution is 2.22. The van der Waals surface area contributed by atoms with Crippen LogP contribution in [0.15, 0.2) is 72.8 Å². The molecule has 0 unspecified atom stereocenters. The molecule has 0 fully saturated rings. The molecule has 0 atom stereocenters. The van der Waals surface area contributed by atoms with Gasteiger partial charge in [-0.1, -0.05) is 61.5 Å². The van der Waals surface area contributed by atoms with Gasteiger partial charge in [-0.15, -0.1) is 0 Å². The third kappa shape index (κ3) is 5.36. The average molecular weight is 374 g/mol. The van der Waals surface area contributed by atoms with E-state index in [0.717, 1.165) is 23.4 Å². The van der Waals surface area contributed by atoms with E-state index in [-0.39, 0.29) is 5.91 Å². The van der Waals surface area contributed by atoms with Gasteiger partial charge in [0, 0.05) is 35.8 Å². The van der Waals surface area contributed by atoms with E-state index in [1.807, 2.05) is 42.5 Å². The number of anilines is 1. The lowest BCUT2D eigenvalue weighted by Crippen LogP contribution is -2.27. The summed E-state index contributed by atoms with van der Waals surface area (Å²) in [5, 5.41) is 8.67. The first-order valence-corrected chi connectivity index (χ1v) is 9.67. The summed E-state index contributed by atoms with van der Waals surface area (Å²) in [6.07, 6.45) is 4.28. The maximum absolute atomic E-state index is 12.1. The van der Waals surface area contributed by atoms with Crippen molar-refractivity contribution in [2.75, 3.05) is 25.0 Å². The molecule has 0 aliphatic rings. The molecule has 0 heterocycles. The molecule has 3 aromatic rings. The summed E-state index contributed by atoms with van der Waals surface area (Å²) in [4.78, 5) is 12.1. The lowest BCUT2D eigenvalue weighted by Gasteiger charge is -2.10. The molecule has 0 radical (unpaired) electrons. The van der Waals surface area contributed by atoms with Gasteiger partial charge < -0.3 is 15.4 Å². The lowest BCUT2D eigenvalue weighted by atomic mass is 10.1. The van der Waals surface area contributed by atoms with Crippen LogP contribution in [0.4, 0.5) is 5.69 Å². The SMILES string of the molecule is CCCOc1ccccc1/C=C/C(=O)NCCNc1cccc2ccccc12. The molecule has 144 valence electrons. The third-order valence-corrected chi connectivity index (χ3v) is 4.32. The number of benzene rings is 3.